The number of rotatable bonds is 4. The summed E-state index contributed by atoms with van der Waals surface area (Å²) in [7, 11) is 0. The number of aryl methyl sites for hydroxylation is 1. The van der Waals surface area contributed by atoms with Crippen LogP contribution in [0, 0.1) is 5.82 Å². The number of ketones is 1. The zero-order chi connectivity index (χ0) is 14.8. The lowest BCUT2D eigenvalue weighted by Gasteiger charge is -2.05. The van der Waals surface area contributed by atoms with Gasteiger partial charge in [-0.2, -0.15) is 0 Å². The van der Waals surface area contributed by atoms with Crippen molar-refractivity contribution in [2.24, 2.45) is 0 Å². The average Bonchev–Trinajstić information content (AvgIpc) is 2.94. The standard InChI is InChI=1S/C17H14ClFO2/c18-13-3-4-15(19)14(10-13)16(20)5-1-11-2-6-17-12(9-11)7-8-21-17/h2-4,6,9-10H,1,5,7-8H2. The number of ether oxygens (including phenoxy) is 1. The molecule has 0 radical (unpaired) electrons. The van der Waals surface area contributed by atoms with Gasteiger partial charge < -0.3 is 4.74 Å². The molecule has 2 aromatic carbocycles. The summed E-state index contributed by atoms with van der Waals surface area (Å²) in [4.78, 5) is 12.1. The third-order valence-electron chi connectivity index (χ3n) is 3.62. The zero-order valence-electron chi connectivity index (χ0n) is 11.4. The molecule has 3 rings (SSSR count). The molecule has 0 saturated carbocycles. The topological polar surface area (TPSA) is 26.3 Å². The van der Waals surface area contributed by atoms with E-state index in [9.17, 15) is 9.18 Å². The Bertz CT molecular complexity index is 697. The van der Waals surface area contributed by atoms with Crippen molar-refractivity contribution in [1.29, 1.82) is 0 Å². The number of Topliss-reactive ketones (excluding diaryl/α,β-unsaturated/α-hetero) is 1. The molecule has 0 aliphatic carbocycles. The van der Waals surface area contributed by atoms with Gasteiger partial charge in [-0.05, 0) is 41.8 Å². The number of benzene rings is 2. The highest BCUT2D eigenvalue weighted by Crippen LogP contribution is 2.26. The minimum Gasteiger partial charge on any atom is -0.493 e. The van der Waals surface area contributed by atoms with Crippen molar-refractivity contribution in [3.05, 3.63) is 63.9 Å². The molecule has 1 heterocycles. The van der Waals surface area contributed by atoms with E-state index >= 15 is 0 Å². The lowest BCUT2D eigenvalue weighted by molar-refractivity contribution is 0.0979. The lowest BCUT2D eigenvalue weighted by Crippen LogP contribution is -2.04. The van der Waals surface area contributed by atoms with Crippen LogP contribution in [0.4, 0.5) is 4.39 Å². The SMILES string of the molecule is O=C(CCc1ccc2c(c1)CCO2)c1cc(Cl)ccc1F. The first-order valence-corrected chi connectivity index (χ1v) is 7.24. The summed E-state index contributed by atoms with van der Waals surface area (Å²) in [5, 5.41) is 0.370. The van der Waals surface area contributed by atoms with Gasteiger partial charge in [0.1, 0.15) is 11.6 Å². The van der Waals surface area contributed by atoms with E-state index in [4.69, 9.17) is 16.3 Å². The Morgan fingerprint density at radius 2 is 2.10 bits per heavy atom. The van der Waals surface area contributed by atoms with E-state index in [1.165, 1.54) is 23.8 Å². The smallest absolute Gasteiger partial charge is 0.166 e. The molecule has 0 fully saturated rings. The number of hydrogen-bond acceptors (Lipinski definition) is 2. The van der Waals surface area contributed by atoms with Crippen molar-refractivity contribution >= 4 is 17.4 Å². The molecule has 21 heavy (non-hydrogen) atoms. The van der Waals surface area contributed by atoms with Gasteiger partial charge in [0.05, 0.1) is 12.2 Å². The van der Waals surface area contributed by atoms with Crippen molar-refractivity contribution in [1.82, 2.24) is 0 Å². The Balaban J connectivity index is 1.70. The molecule has 2 aromatic rings. The van der Waals surface area contributed by atoms with Gasteiger partial charge in [-0.3, -0.25) is 4.79 Å². The molecule has 0 unspecified atom stereocenters. The summed E-state index contributed by atoms with van der Waals surface area (Å²) in [6.07, 6.45) is 1.75. The minimum atomic E-state index is -0.522. The molecule has 108 valence electrons. The molecule has 4 heteroatoms. The van der Waals surface area contributed by atoms with Crippen LogP contribution in [-0.4, -0.2) is 12.4 Å². The number of carbonyl (C=O) groups is 1. The maximum atomic E-state index is 13.6. The van der Waals surface area contributed by atoms with Crippen molar-refractivity contribution in [2.45, 2.75) is 19.3 Å². The molecule has 1 aliphatic rings. The van der Waals surface area contributed by atoms with Gasteiger partial charge in [0, 0.05) is 17.9 Å². The van der Waals surface area contributed by atoms with Crippen LogP contribution in [-0.2, 0) is 12.8 Å². The predicted molar refractivity (Wildman–Crippen MR) is 79.7 cm³/mol. The molecule has 0 aromatic heterocycles. The first-order valence-electron chi connectivity index (χ1n) is 6.86. The van der Waals surface area contributed by atoms with Crippen LogP contribution < -0.4 is 4.74 Å². The maximum Gasteiger partial charge on any atom is 0.166 e. The number of halogens is 2. The van der Waals surface area contributed by atoms with Gasteiger partial charge in [0.25, 0.3) is 0 Å². The van der Waals surface area contributed by atoms with Gasteiger partial charge in [-0.15, -0.1) is 0 Å². The quantitative estimate of drug-likeness (QED) is 0.790. The zero-order valence-corrected chi connectivity index (χ0v) is 12.1. The first-order chi connectivity index (χ1) is 10.1. The summed E-state index contributed by atoms with van der Waals surface area (Å²) in [6.45, 7) is 0.714. The van der Waals surface area contributed by atoms with E-state index in [1.54, 1.807) is 0 Å². The molecule has 0 N–H and O–H groups in total. The van der Waals surface area contributed by atoms with Crippen LogP contribution in [0.15, 0.2) is 36.4 Å². The average molecular weight is 305 g/mol. The molecule has 0 bridgehead atoms. The first kappa shape index (κ1) is 14.1. The number of carbonyl (C=O) groups excluding carboxylic acids is 1. The third-order valence-corrected chi connectivity index (χ3v) is 3.86. The Morgan fingerprint density at radius 1 is 1.24 bits per heavy atom. The van der Waals surface area contributed by atoms with E-state index < -0.39 is 5.82 Å². The summed E-state index contributed by atoms with van der Waals surface area (Å²) in [5.41, 5.74) is 2.30. The summed E-state index contributed by atoms with van der Waals surface area (Å²) < 4.78 is 19.1. The molecule has 2 nitrogen and oxygen atoms in total. The van der Waals surface area contributed by atoms with Gasteiger partial charge in [-0.25, -0.2) is 4.39 Å². The van der Waals surface area contributed by atoms with E-state index in [0.717, 1.165) is 17.7 Å². The Hall–Kier alpha value is -1.87. The number of hydrogen-bond donors (Lipinski definition) is 0. The summed E-state index contributed by atoms with van der Waals surface area (Å²) in [5.74, 6) is 0.171. The second-order valence-electron chi connectivity index (χ2n) is 5.09. The Morgan fingerprint density at radius 3 is 2.95 bits per heavy atom. The fraction of sp³-hybridized carbons (Fsp3) is 0.235. The van der Waals surface area contributed by atoms with Gasteiger partial charge in [0.2, 0.25) is 0 Å². The molecular weight excluding hydrogens is 291 g/mol. The minimum absolute atomic E-state index is 0.0620. The molecule has 0 amide bonds. The van der Waals surface area contributed by atoms with Crippen LogP contribution in [0.2, 0.25) is 5.02 Å². The van der Waals surface area contributed by atoms with Gasteiger partial charge in [0.15, 0.2) is 5.78 Å². The Labute approximate surface area is 127 Å². The van der Waals surface area contributed by atoms with Crippen molar-refractivity contribution in [3.63, 3.8) is 0 Å². The molecular formula is C17H14ClFO2. The van der Waals surface area contributed by atoms with Crippen LogP contribution >= 0.6 is 11.6 Å². The van der Waals surface area contributed by atoms with Crippen molar-refractivity contribution in [3.8, 4) is 5.75 Å². The van der Waals surface area contributed by atoms with E-state index in [0.29, 0.717) is 18.1 Å². The van der Waals surface area contributed by atoms with E-state index in [-0.39, 0.29) is 17.8 Å². The van der Waals surface area contributed by atoms with Gasteiger partial charge >= 0.3 is 0 Å². The molecule has 1 aliphatic heterocycles. The van der Waals surface area contributed by atoms with E-state index in [1.807, 2.05) is 12.1 Å². The van der Waals surface area contributed by atoms with Crippen molar-refractivity contribution in [2.75, 3.05) is 6.61 Å². The highest BCUT2D eigenvalue weighted by atomic mass is 35.5. The second-order valence-corrected chi connectivity index (χ2v) is 5.52. The predicted octanol–water partition coefficient (Wildman–Crippen LogP) is 4.23. The van der Waals surface area contributed by atoms with Gasteiger partial charge in [-0.1, -0.05) is 23.7 Å². The fourth-order valence-corrected chi connectivity index (χ4v) is 2.67. The largest absolute Gasteiger partial charge is 0.493 e. The van der Waals surface area contributed by atoms with Crippen LogP contribution in [0.5, 0.6) is 5.75 Å². The van der Waals surface area contributed by atoms with Crippen LogP contribution in [0.3, 0.4) is 0 Å². The Kier molecular flexibility index (Phi) is 3.93. The number of fused-ring (bicyclic) bond motifs is 1. The van der Waals surface area contributed by atoms with Crippen molar-refractivity contribution < 1.29 is 13.9 Å². The monoisotopic (exact) mass is 304 g/mol. The van der Waals surface area contributed by atoms with E-state index in [2.05, 4.69) is 6.07 Å². The van der Waals surface area contributed by atoms with Crippen LogP contribution in [0.1, 0.15) is 27.9 Å². The molecule has 0 saturated heterocycles. The second kappa shape index (κ2) is 5.86. The van der Waals surface area contributed by atoms with Crippen LogP contribution in [0.25, 0.3) is 0 Å². The maximum absolute atomic E-state index is 13.6. The molecule has 0 atom stereocenters. The lowest BCUT2D eigenvalue weighted by atomic mass is 10.0. The molecule has 0 spiro atoms. The normalized spacial score (nSPS) is 12.9. The highest BCUT2D eigenvalue weighted by molar-refractivity contribution is 6.31. The highest BCUT2D eigenvalue weighted by Gasteiger charge is 2.15. The third kappa shape index (κ3) is 3.08. The summed E-state index contributed by atoms with van der Waals surface area (Å²) in [6, 6.07) is 9.99. The fourth-order valence-electron chi connectivity index (χ4n) is 2.50. The summed E-state index contributed by atoms with van der Waals surface area (Å²) >= 11 is 5.81.